The maximum Gasteiger partial charge on any atom is 0.0472 e. The van der Waals surface area contributed by atoms with Gasteiger partial charge in [0.15, 0.2) is 0 Å². The summed E-state index contributed by atoms with van der Waals surface area (Å²) < 4.78 is 5.21. The molecule has 1 rings (SSSR count). The zero-order chi connectivity index (χ0) is 7.45. The minimum Gasteiger partial charge on any atom is -0.381 e. The van der Waals surface area contributed by atoms with Crippen LogP contribution >= 0.6 is 23.2 Å². The molecule has 0 atom stereocenters. The molecule has 1 aliphatic heterocycles. The fourth-order valence-corrected chi connectivity index (χ4v) is 1.93. The fourth-order valence-electron chi connectivity index (χ4n) is 1.11. The number of hydrogen-bond acceptors (Lipinski definition) is 1. The Kier molecular flexibility index (Phi) is 3.28. The average Bonchev–Trinajstić information content (AvgIpc) is 2.06. The van der Waals surface area contributed by atoms with Gasteiger partial charge in [0.25, 0.3) is 0 Å². The molecule has 0 radical (unpaired) electrons. The predicted octanol–water partition coefficient (Wildman–Crippen LogP) is 2.26. The monoisotopic (exact) mass is 182 g/mol. The standard InChI is InChI=1S/C7H12Cl2O/c8-5-7(6-9)1-3-10-4-2-7/h1-6H2. The van der Waals surface area contributed by atoms with Crippen LogP contribution in [0, 0.1) is 5.41 Å². The molecule has 0 saturated carbocycles. The SMILES string of the molecule is ClCC1(CCl)CCOCC1. The summed E-state index contributed by atoms with van der Waals surface area (Å²) in [6.45, 7) is 1.64. The molecule has 10 heavy (non-hydrogen) atoms. The van der Waals surface area contributed by atoms with E-state index in [2.05, 4.69) is 0 Å². The molecule has 0 aromatic carbocycles. The third kappa shape index (κ3) is 1.77. The van der Waals surface area contributed by atoms with E-state index in [9.17, 15) is 0 Å². The Morgan fingerprint density at radius 2 is 1.60 bits per heavy atom. The summed E-state index contributed by atoms with van der Waals surface area (Å²) in [7, 11) is 0. The quantitative estimate of drug-likeness (QED) is 0.596. The Morgan fingerprint density at radius 3 is 1.90 bits per heavy atom. The van der Waals surface area contributed by atoms with Gasteiger partial charge in [0, 0.05) is 30.4 Å². The molecule has 0 amide bonds. The molecule has 0 bridgehead atoms. The lowest BCUT2D eigenvalue weighted by atomic mass is 9.84. The lowest BCUT2D eigenvalue weighted by molar-refractivity contribution is 0.0358. The van der Waals surface area contributed by atoms with Crippen LogP contribution in [-0.4, -0.2) is 25.0 Å². The molecule has 0 unspecified atom stereocenters. The van der Waals surface area contributed by atoms with Crippen LogP contribution in [0.5, 0.6) is 0 Å². The van der Waals surface area contributed by atoms with Crippen molar-refractivity contribution in [3.05, 3.63) is 0 Å². The van der Waals surface area contributed by atoms with E-state index in [0.717, 1.165) is 26.1 Å². The van der Waals surface area contributed by atoms with Crippen molar-refractivity contribution in [3.63, 3.8) is 0 Å². The normalized spacial score (nSPS) is 24.6. The average molecular weight is 183 g/mol. The Hall–Kier alpha value is 0.540. The lowest BCUT2D eigenvalue weighted by Gasteiger charge is -2.33. The second-order valence-electron chi connectivity index (χ2n) is 2.88. The summed E-state index contributed by atoms with van der Waals surface area (Å²) >= 11 is 11.6. The van der Waals surface area contributed by atoms with Crippen LogP contribution in [0.25, 0.3) is 0 Å². The Balaban J connectivity index is 2.44. The minimum atomic E-state index is 0.168. The first-order valence-corrected chi connectivity index (χ1v) is 4.60. The molecule has 0 aliphatic carbocycles. The van der Waals surface area contributed by atoms with E-state index < -0.39 is 0 Å². The van der Waals surface area contributed by atoms with Crippen molar-refractivity contribution < 1.29 is 4.74 Å². The number of halogens is 2. The Bertz CT molecular complexity index is 93.8. The van der Waals surface area contributed by atoms with E-state index in [1.54, 1.807) is 0 Å². The van der Waals surface area contributed by atoms with E-state index >= 15 is 0 Å². The highest BCUT2D eigenvalue weighted by Gasteiger charge is 2.30. The summed E-state index contributed by atoms with van der Waals surface area (Å²) in [5.41, 5.74) is 0.168. The van der Waals surface area contributed by atoms with Gasteiger partial charge >= 0.3 is 0 Å². The van der Waals surface area contributed by atoms with Crippen molar-refractivity contribution in [3.8, 4) is 0 Å². The van der Waals surface area contributed by atoms with Gasteiger partial charge in [-0.3, -0.25) is 0 Å². The number of alkyl halides is 2. The molecule has 1 saturated heterocycles. The zero-order valence-electron chi connectivity index (χ0n) is 5.91. The summed E-state index contributed by atoms with van der Waals surface area (Å²) in [5, 5.41) is 0. The highest BCUT2D eigenvalue weighted by atomic mass is 35.5. The molecule has 3 heteroatoms. The molecular formula is C7H12Cl2O. The zero-order valence-corrected chi connectivity index (χ0v) is 7.42. The molecular weight excluding hydrogens is 171 g/mol. The van der Waals surface area contributed by atoms with Crippen LogP contribution in [0.1, 0.15) is 12.8 Å². The van der Waals surface area contributed by atoms with Gasteiger partial charge in [-0.05, 0) is 12.8 Å². The van der Waals surface area contributed by atoms with Crippen molar-refractivity contribution in [1.82, 2.24) is 0 Å². The predicted molar refractivity (Wildman–Crippen MR) is 43.9 cm³/mol. The van der Waals surface area contributed by atoms with Crippen LogP contribution in [0.2, 0.25) is 0 Å². The van der Waals surface area contributed by atoms with Gasteiger partial charge in [0.1, 0.15) is 0 Å². The van der Waals surface area contributed by atoms with E-state index in [1.165, 1.54) is 0 Å². The van der Waals surface area contributed by atoms with Crippen LogP contribution in [0.15, 0.2) is 0 Å². The van der Waals surface area contributed by atoms with Crippen molar-refractivity contribution in [2.24, 2.45) is 5.41 Å². The molecule has 0 spiro atoms. The van der Waals surface area contributed by atoms with Gasteiger partial charge in [-0.1, -0.05) is 0 Å². The smallest absolute Gasteiger partial charge is 0.0472 e. The van der Waals surface area contributed by atoms with Crippen LogP contribution in [-0.2, 0) is 4.74 Å². The Morgan fingerprint density at radius 1 is 1.10 bits per heavy atom. The fraction of sp³-hybridized carbons (Fsp3) is 1.00. The third-order valence-electron chi connectivity index (χ3n) is 2.12. The second-order valence-corrected chi connectivity index (χ2v) is 3.41. The van der Waals surface area contributed by atoms with Crippen molar-refractivity contribution in [1.29, 1.82) is 0 Å². The number of ether oxygens (including phenoxy) is 1. The first-order chi connectivity index (χ1) is 4.83. The largest absolute Gasteiger partial charge is 0.381 e. The molecule has 1 nitrogen and oxygen atoms in total. The third-order valence-corrected chi connectivity index (χ3v) is 3.25. The molecule has 1 aliphatic rings. The summed E-state index contributed by atoms with van der Waals surface area (Å²) in [6, 6.07) is 0. The molecule has 1 fully saturated rings. The summed E-state index contributed by atoms with van der Waals surface area (Å²) in [4.78, 5) is 0. The van der Waals surface area contributed by atoms with Gasteiger partial charge < -0.3 is 4.74 Å². The maximum absolute atomic E-state index is 5.80. The van der Waals surface area contributed by atoms with Gasteiger partial charge in [-0.15, -0.1) is 23.2 Å². The van der Waals surface area contributed by atoms with Crippen LogP contribution in [0.3, 0.4) is 0 Å². The Labute approximate surface area is 71.6 Å². The van der Waals surface area contributed by atoms with Crippen LogP contribution < -0.4 is 0 Å². The highest BCUT2D eigenvalue weighted by molar-refractivity contribution is 6.21. The van der Waals surface area contributed by atoms with Crippen molar-refractivity contribution >= 4 is 23.2 Å². The van der Waals surface area contributed by atoms with Crippen LogP contribution in [0.4, 0.5) is 0 Å². The number of rotatable bonds is 2. The van der Waals surface area contributed by atoms with E-state index in [4.69, 9.17) is 27.9 Å². The summed E-state index contributed by atoms with van der Waals surface area (Å²) in [5.74, 6) is 1.33. The number of hydrogen-bond donors (Lipinski definition) is 0. The highest BCUT2D eigenvalue weighted by Crippen LogP contribution is 2.32. The first kappa shape index (κ1) is 8.63. The van der Waals surface area contributed by atoms with Gasteiger partial charge in [-0.25, -0.2) is 0 Å². The second kappa shape index (κ2) is 3.80. The molecule has 0 N–H and O–H groups in total. The molecule has 1 heterocycles. The minimum absolute atomic E-state index is 0.168. The molecule has 0 aromatic heterocycles. The van der Waals surface area contributed by atoms with Crippen molar-refractivity contribution in [2.45, 2.75) is 12.8 Å². The lowest BCUT2D eigenvalue weighted by Crippen LogP contribution is -2.32. The first-order valence-electron chi connectivity index (χ1n) is 3.53. The van der Waals surface area contributed by atoms with Gasteiger partial charge in [0.05, 0.1) is 0 Å². The van der Waals surface area contributed by atoms with Gasteiger partial charge in [0.2, 0.25) is 0 Å². The molecule has 0 aromatic rings. The van der Waals surface area contributed by atoms with E-state index in [-0.39, 0.29) is 5.41 Å². The van der Waals surface area contributed by atoms with E-state index in [1.807, 2.05) is 0 Å². The molecule has 60 valence electrons. The topological polar surface area (TPSA) is 9.23 Å². The van der Waals surface area contributed by atoms with Gasteiger partial charge in [-0.2, -0.15) is 0 Å². The van der Waals surface area contributed by atoms with Crippen molar-refractivity contribution in [2.75, 3.05) is 25.0 Å². The van der Waals surface area contributed by atoms with E-state index in [0.29, 0.717) is 11.8 Å². The maximum atomic E-state index is 5.80. The summed E-state index contributed by atoms with van der Waals surface area (Å²) in [6.07, 6.45) is 2.03.